The smallest absolute Gasteiger partial charge is 0.262 e. The Balaban J connectivity index is 1.90. The Morgan fingerprint density at radius 1 is 1.23 bits per heavy atom. The number of carbonyl (C=O) groups is 2. The normalized spacial score (nSPS) is 11.5. The van der Waals surface area contributed by atoms with Gasteiger partial charge >= 0.3 is 0 Å². The molecule has 1 atom stereocenters. The summed E-state index contributed by atoms with van der Waals surface area (Å²) in [5, 5.41) is 5.50. The highest BCUT2D eigenvalue weighted by molar-refractivity contribution is 9.11. The third kappa shape index (κ3) is 5.47. The molecule has 1 unspecified atom stereocenters. The largest absolute Gasteiger partial charge is 0.493 e. The van der Waals surface area contributed by atoms with E-state index >= 15 is 0 Å². The molecule has 0 radical (unpaired) electrons. The average Bonchev–Trinajstić information content (AvgIpc) is 3.07. The first-order chi connectivity index (χ1) is 12.4. The van der Waals surface area contributed by atoms with Crippen LogP contribution in [0.2, 0.25) is 0 Å². The Hall–Kier alpha value is -2.06. The van der Waals surface area contributed by atoms with E-state index in [9.17, 15) is 9.59 Å². The van der Waals surface area contributed by atoms with Crippen LogP contribution in [0, 0.1) is 0 Å². The molecule has 2 amide bonds. The number of carbonyl (C=O) groups excluding carboxylic acids is 2. The summed E-state index contributed by atoms with van der Waals surface area (Å²) in [7, 11) is 1.57. The molecule has 2 rings (SSSR count). The fourth-order valence-electron chi connectivity index (χ4n) is 2.21. The van der Waals surface area contributed by atoms with E-state index in [-0.39, 0.29) is 11.8 Å². The van der Waals surface area contributed by atoms with Crippen LogP contribution in [-0.4, -0.2) is 31.6 Å². The van der Waals surface area contributed by atoms with Crippen LogP contribution in [0.5, 0.6) is 11.5 Å². The highest BCUT2D eigenvalue weighted by Crippen LogP contribution is 2.28. The van der Waals surface area contributed by atoms with Gasteiger partial charge in [-0.05, 0) is 59.6 Å². The van der Waals surface area contributed by atoms with Crippen molar-refractivity contribution < 1.29 is 19.1 Å². The summed E-state index contributed by atoms with van der Waals surface area (Å²) < 4.78 is 11.6. The third-order valence-corrected chi connectivity index (χ3v) is 5.15. The number of benzene rings is 1. The van der Waals surface area contributed by atoms with E-state index in [1.807, 2.05) is 25.1 Å². The lowest BCUT2D eigenvalue weighted by atomic mass is 10.2. The molecular formula is C18H21BrN2O4S. The number of halogens is 1. The SMILES string of the molecule is CCOc1ccc(CNC(=O)C(C)NC(=O)c2ccc(Br)s2)cc1OC. The molecular weight excluding hydrogens is 420 g/mol. The fourth-order valence-corrected chi connectivity index (χ4v) is 3.50. The molecule has 1 aromatic heterocycles. The van der Waals surface area contributed by atoms with Gasteiger partial charge in [-0.1, -0.05) is 6.07 Å². The average molecular weight is 441 g/mol. The van der Waals surface area contributed by atoms with Crippen LogP contribution < -0.4 is 20.1 Å². The van der Waals surface area contributed by atoms with E-state index in [0.29, 0.717) is 29.5 Å². The monoisotopic (exact) mass is 440 g/mol. The van der Waals surface area contributed by atoms with Crippen LogP contribution >= 0.6 is 27.3 Å². The van der Waals surface area contributed by atoms with Gasteiger partial charge in [0, 0.05) is 6.54 Å². The first kappa shape index (κ1) is 20.3. The van der Waals surface area contributed by atoms with E-state index in [4.69, 9.17) is 9.47 Å². The number of thiophene rings is 1. The standard InChI is InChI=1S/C18H21BrN2O4S/c1-4-25-13-6-5-12(9-14(13)24-3)10-20-17(22)11(2)21-18(23)15-7-8-16(19)26-15/h5-9,11H,4,10H2,1-3H3,(H,20,22)(H,21,23). The lowest BCUT2D eigenvalue weighted by Gasteiger charge is -2.15. The lowest BCUT2D eigenvalue weighted by Crippen LogP contribution is -2.44. The lowest BCUT2D eigenvalue weighted by molar-refractivity contribution is -0.122. The molecule has 0 spiro atoms. The van der Waals surface area contributed by atoms with Crippen LogP contribution in [-0.2, 0) is 11.3 Å². The van der Waals surface area contributed by atoms with Crippen molar-refractivity contribution in [2.75, 3.05) is 13.7 Å². The van der Waals surface area contributed by atoms with Gasteiger partial charge in [-0.2, -0.15) is 0 Å². The highest BCUT2D eigenvalue weighted by Gasteiger charge is 2.17. The number of ether oxygens (including phenoxy) is 2. The molecule has 2 aromatic rings. The first-order valence-corrected chi connectivity index (χ1v) is 9.69. The van der Waals surface area contributed by atoms with Gasteiger partial charge in [0.2, 0.25) is 5.91 Å². The van der Waals surface area contributed by atoms with Gasteiger partial charge in [-0.3, -0.25) is 9.59 Å². The van der Waals surface area contributed by atoms with Gasteiger partial charge in [0.15, 0.2) is 11.5 Å². The van der Waals surface area contributed by atoms with Crippen molar-refractivity contribution in [1.29, 1.82) is 0 Å². The molecule has 0 bridgehead atoms. The van der Waals surface area contributed by atoms with Crippen molar-refractivity contribution in [2.24, 2.45) is 0 Å². The van der Waals surface area contributed by atoms with Crippen molar-refractivity contribution in [2.45, 2.75) is 26.4 Å². The van der Waals surface area contributed by atoms with Gasteiger partial charge in [0.1, 0.15) is 6.04 Å². The highest BCUT2D eigenvalue weighted by atomic mass is 79.9. The molecule has 0 aliphatic heterocycles. The second-order valence-corrected chi connectivity index (χ2v) is 7.90. The Morgan fingerprint density at radius 2 is 2.00 bits per heavy atom. The van der Waals surface area contributed by atoms with E-state index in [1.165, 1.54) is 11.3 Å². The summed E-state index contributed by atoms with van der Waals surface area (Å²) in [6.45, 7) is 4.42. The second-order valence-electron chi connectivity index (χ2n) is 5.43. The molecule has 2 N–H and O–H groups in total. The van der Waals surface area contributed by atoms with Crippen LogP contribution in [0.3, 0.4) is 0 Å². The zero-order chi connectivity index (χ0) is 19.1. The maximum Gasteiger partial charge on any atom is 0.262 e. The van der Waals surface area contributed by atoms with Crippen LogP contribution in [0.25, 0.3) is 0 Å². The summed E-state index contributed by atoms with van der Waals surface area (Å²) in [5.41, 5.74) is 0.874. The van der Waals surface area contributed by atoms with Gasteiger partial charge in [0.05, 0.1) is 22.4 Å². The third-order valence-electron chi connectivity index (χ3n) is 3.53. The molecule has 1 aromatic carbocycles. The number of hydrogen-bond acceptors (Lipinski definition) is 5. The van der Waals surface area contributed by atoms with Crippen LogP contribution in [0.4, 0.5) is 0 Å². The predicted octanol–water partition coefficient (Wildman–Crippen LogP) is 3.35. The molecule has 0 saturated carbocycles. The van der Waals surface area contributed by atoms with Crippen molar-refractivity contribution >= 4 is 39.1 Å². The molecule has 0 fully saturated rings. The Morgan fingerprint density at radius 3 is 2.62 bits per heavy atom. The molecule has 0 saturated heterocycles. The van der Waals surface area contributed by atoms with Crippen molar-refractivity contribution in [3.8, 4) is 11.5 Å². The summed E-state index contributed by atoms with van der Waals surface area (Å²) in [5.74, 6) is 0.740. The maximum atomic E-state index is 12.2. The first-order valence-electron chi connectivity index (χ1n) is 8.08. The molecule has 26 heavy (non-hydrogen) atoms. The van der Waals surface area contributed by atoms with Gasteiger partial charge in [-0.25, -0.2) is 0 Å². The summed E-state index contributed by atoms with van der Waals surface area (Å²) in [6, 6.07) is 8.35. The van der Waals surface area contributed by atoms with Crippen molar-refractivity contribution in [3.63, 3.8) is 0 Å². The van der Waals surface area contributed by atoms with E-state index in [1.54, 1.807) is 26.2 Å². The zero-order valence-electron chi connectivity index (χ0n) is 14.8. The topological polar surface area (TPSA) is 76.7 Å². The van der Waals surface area contributed by atoms with Gasteiger partial charge in [0.25, 0.3) is 5.91 Å². The predicted molar refractivity (Wildman–Crippen MR) is 105 cm³/mol. The number of rotatable bonds is 8. The minimum atomic E-state index is -0.645. The number of nitrogens with one attached hydrogen (secondary N) is 2. The molecule has 0 aliphatic carbocycles. The zero-order valence-corrected chi connectivity index (χ0v) is 17.2. The van der Waals surface area contributed by atoms with Crippen LogP contribution in [0.15, 0.2) is 34.1 Å². The van der Waals surface area contributed by atoms with E-state index < -0.39 is 6.04 Å². The van der Waals surface area contributed by atoms with Crippen LogP contribution in [0.1, 0.15) is 29.1 Å². The fraction of sp³-hybridized carbons (Fsp3) is 0.333. The van der Waals surface area contributed by atoms with E-state index in [2.05, 4.69) is 26.6 Å². The summed E-state index contributed by atoms with van der Waals surface area (Å²) in [6.07, 6.45) is 0. The second kappa shape index (κ2) is 9.59. The molecule has 1 heterocycles. The summed E-state index contributed by atoms with van der Waals surface area (Å²) in [4.78, 5) is 24.9. The quantitative estimate of drug-likeness (QED) is 0.659. The van der Waals surface area contributed by atoms with Gasteiger partial charge < -0.3 is 20.1 Å². The Labute approximate surface area is 165 Å². The number of hydrogen-bond donors (Lipinski definition) is 2. The van der Waals surface area contributed by atoms with E-state index in [0.717, 1.165) is 9.35 Å². The van der Waals surface area contributed by atoms with Crippen molar-refractivity contribution in [1.82, 2.24) is 10.6 Å². The number of methoxy groups -OCH3 is 1. The van der Waals surface area contributed by atoms with Gasteiger partial charge in [-0.15, -0.1) is 11.3 Å². The number of amides is 2. The molecule has 6 nitrogen and oxygen atoms in total. The molecule has 0 aliphatic rings. The van der Waals surface area contributed by atoms with Crippen molar-refractivity contribution in [3.05, 3.63) is 44.6 Å². The molecule has 140 valence electrons. The Bertz CT molecular complexity index is 778. The Kier molecular flexibility index (Phi) is 7.47. The maximum absolute atomic E-state index is 12.2. The molecule has 8 heteroatoms. The summed E-state index contributed by atoms with van der Waals surface area (Å²) >= 11 is 4.63. The minimum absolute atomic E-state index is 0.262. The minimum Gasteiger partial charge on any atom is -0.493 e.